The first-order valence-electron chi connectivity index (χ1n) is 9.29. The lowest BCUT2D eigenvalue weighted by atomic mass is 10.0. The number of rotatable bonds is 6. The first-order chi connectivity index (χ1) is 15.3. The summed E-state index contributed by atoms with van der Waals surface area (Å²) < 4.78 is 96.9. The van der Waals surface area contributed by atoms with E-state index in [1.807, 2.05) is 0 Å². The molecule has 0 saturated heterocycles. The van der Waals surface area contributed by atoms with Gasteiger partial charge in [0.25, 0.3) is 5.91 Å². The van der Waals surface area contributed by atoms with E-state index in [2.05, 4.69) is 5.32 Å². The van der Waals surface area contributed by atoms with Crippen LogP contribution in [0.3, 0.4) is 0 Å². The zero-order chi connectivity index (χ0) is 24.6. The van der Waals surface area contributed by atoms with E-state index < -0.39 is 51.0 Å². The Bertz CT molecular complexity index is 1280. The quantitative estimate of drug-likeness (QED) is 0.473. The van der Waals surface area contributed by atoms with Gasteiger partial charge in [0.05, 0.1) is 24.1 Å². The van der Waals surface area contributed by atoms with Crippen LogP contribution in [0.15, 0.2) is 53.1 Å². The van der Waals surface area contributed by atoms with E-state index in [4.69, 9.17) is 4.42 Å². The smallest absolute Gasteiger partial charge is 0.416 e. The van der Waals surface area contributed by atoms with Crippen molar-refractivity contribution in [3.8, 4) is 11.1 Å². The molecule has 2 aromatic carbocycles. The van der Waals surface area contributed by atoms with Gasteiger partial charge < -0.3 is 9.73 Å². The highest BCUT2D eigenvalue weighted by molar-refractivity contribution is 7.92. The molecule has 3 aromatic rings. The van der Waals surface area contributed by atoms with Crippen molar-refractivity contribution in [1.29, 1.82) is 0 Å². The van der Waals surface area contributed by atoms with Gasteiger partial charge in [-0.2, -0.15) is 13.2 Å². The molecule has 6 nitrogen and oxygen atoms in total. The molecule has 1 heterocycles. The minimum Gasteiger partial charge on any atom is -0.459 e. The second-order valence-corrected chi connectivity index (χ2v) is 8.92. The SMILES string of the molecule is CC(NC(=O)c1occc1-c1cccc(C(F)(F)F)c1)c1cc(F)c(NS(C)(=O)=O)c(F)c1. The van der Waals surface area contributed by atoms with E-state index in [1.54, 1.807) is 4.72 Å². The Labute approximate surface area is 185 Å². The maximum atomic E-state index is 14.2. The molecular weight excluding hydrogens is 471 g/mol. The molecule has 33 heavy (non-hydrogen) atoms. The molecule has 176 valence electrons. The summed E-state index contributed by atoms with van der Waals surface area (Å²) in [5.41, 5.74) is -1.61. The van der Waals surface area contributed by atoms with Crippen LogP contribution >= 0.6 is 0 Å². The topological polar surface area (TPSA) is 88.4 Å². The fourth-order valence-electron chi connectivity index (χ4n) is 3.05. The van der Waals surface area contributed by atoms with E-state index in [0.29, 0.717) is 0 Å². The summed E-state index contributed by atoms with van der Waals surface area (Å²) in [7, 11) is -3.93. The zero-order valence-corrected chi connectivity index (χ0v) is 17.9. The summed E-state index contributed by atoms with van der Waals surface area (Å²) in [5.74, 6) is -3.52. The van der Waals surface area contributed by atoms with Crippen molar-refractivity contribution in [3.05, 3.63) is 77.2 Å². The second-order valence-electron chi connectivity index (χ2n) is 7.17. The van der Waals surface area contributed by atoms with Crippen molar-refractivity contribution >= 4 is 21.6 Å². The monoisotopic (exact) mass is 488 g/mol. The molecule has 0 spiro atoms. The highest BCUT2D eigenvalue weighted by Gasteiger charge is 2.31. The Balaban J connectivity index is 1.85. The van der Waals surface area contributed by atoms with Gasteiger partial charge >= 0.3 is 6.18 Å². The van der Waals surface area contributed by atoms with Gasteiger partial charge in [-0.05, 0) is 48.4 Å². The number of benzene rings is 2. The minimum atomic E-state index is -4.58. The standard InChI is InChI=1S/C21H17F5N2O4S/c1-11(13-9-16(22)18(17(23)10-13)28-33(2,30)31)27-20(29)19-15(6-7-32-19)12-4-3-5-14(8-12)21(24,25)26/h3-11,28H,1-2H3,(H,27,29). The van der Waals surface area contributed by atoms with Gasteiger partial charge in [-0.15, -0.1) is 0 Å². The summed E-state index contributed by atoms with van der Waals surface area (Å²) in [6, 6.07) is 6.36. The number of hydrogen-bond donors (Lipinski definition) is 2. The van der Waals surface area contributed by atoms with E-state index in [1.165, 1.54) is 25.1 Å². The molecule has 0 fully saturated rings. The molecule has 12 heteroatoms. The maximum Gasteiger partial charge on any atom is 0.416 e. The number of nitrogens with one attached hydrogen (secondary N) is 2. The average Bonchev–Trinajstić information content (AvgIpc) is 3.19. The molecule has 3 rings (SSSR count). The molecule has 1 amide bonds. The first kappa shape index (κ1) is 24.2. The number of sulfonamides is 1. The molecule has 1 aromatic heterocycles. The lowest BCUT2D eigenvalue weighted by Gasteiger charge is -2.16. The number of furan rings is 1. The van der Waals surface area contributed by atoms with E-state index >= 15 is 0 Å². The van der Waals surface area contributed by atoms with Crippen LogP contribution in [0.4, 0.5) is 27.6 Å². The summed E-state index contributed by atoms with van der Waals surface area (Å²) >= 11 is 0. The summed E-state index contributed by atoms with van der Waals surface area (Å²) in [6.07, 6.45) is -2.73. The largest absolute Gasteiger partial charge is 0.459 e. The van der Waals surface area contributed by atoms with E-state index in [-0.39, 0.29) is 22.5 Å². The lowest BCUT2D eigenvalue weighted by Crippen LogP contribution is -2.27. The Hall–Kier alpha value is -3.41. The molecular formula is C21H17F5N2O4S. The number of carbonyl (C=O) groups is 1. The van der Waals surface area contributed by atoms with Gasteiger partial charge in [-0.1, -0.05) is 12.1 Å². The van der Waals surface area contributed by atoms with E-state index in [0.717, 1.165) is 36.8 Å². The van der Waals surface area contributed by atoms with Crippen LogP contribution < -0.4 is 10.0 Å². The van der Waals surface area contributed by atoms with Crippen molar-refractivity contribution in [2.24, 2.45) is 0 Å². The van der Waals surface area contributed by atoms with Gasteiger partial charge in [0.2, 0.25) is 10.0 Å². The van der Waals surface area contributed by atoms with Gasteiger partial charge in [0.15, 0.2) is 17.4 Å². The van der Waals surface area contributed by atoms with Gasteiger partial charge in [0.1, 0.15) is 5.69 Å². The molecule has 1 unspecified atom stereocenters. The molecule has 2 N–H and O–H groups in total. The predicted molar refractivity (Wildman–Crippen MR) is 110 cm³/mol. The predicted octanol–water partition coefficient (Wildman–Crippen LogP) is 5.11. The molecule has 0 radical (unpaired) electrons. The fraction of sp³-hybridized carbons (Fsp3) is 0.190. The molecule has 0 aliphatic heterocycles. The maximum absolute atomic E-state index is 14.2. The van der Waals surface area contributed by atoms with Crippen LogP contribution in [0, 0.1) is 11.6 Å². The fourth-order valence-corrected chi connectivity index (χ4v) is 3.61. The van der Waals surface area contributed by atoms with Gasteiger partial charge in [0, 0.05) is 5.56 Å². The third kappa shape index (κ3) is 5.69. The third-order valence-corrected chi connectivity index (χ3v) is 5.15. The number of hydrogen-bond acceptors (Lipinski definition) is 4. The Morgan fingerprint density at radius 2 is 1.70 bits per heavy atom. The summed E-state index contributed by atoms with van der Waals surface area (Å²) in [4.78, 5) is 12.7. The van der Waals surface area contributed by atoms with Crippen LogP contribution in [0.5, 0.6) is 0 Å². The first-order valence-corrected chi connectivity index (χ1v) is 11.2. The molecule has 0 saturated carbocycles. The molecule has 0 bridgehead atoms. The van der Waals surface area contributed by atoms with Crippen molar-refractivity contribution in [2.75, 3.05) is 11.0 Å². The number of halogens is 5. The zero-order valence-electron chi connectivity index (χ0n) is 17.1. The van der Waals surface area contributed by atoms with Crippen LogP contribution in [0.1, 0.15) is 34.6 Å². The number of anilines is 1. The number of alkyl halides is 3. The number of amides is 1. The van der Waals surface area contributed by atoms with Crippen molar-refractivity contribution < 1.29 is 39.6 Å². The number of carbonyl (C=O) groups excluding carboxylic acids is 1. The van der Waals surface area contributed by atoms with Crippen molar-refractivity contribution in [3.63, 3.8) is 0 Å². The lowest BCUT2D eigenvalue weighted by molar-refractivity contribution is -0.137. The third-order valence-electron chi connectivity index (χ3n) is 4.57. The van der Waals surface area contributed by atoms with Crippen molar-refractivity contribution in [2.45, 2.75) is 19.1 Å². The average molecular weight is 488 g/mol. The van der Waals surface area contributed by atoms with Crippen LogP contribution in [-0.2, 0) is 16.2 Å². The Morgan fingerprint density at radius 1 is 1.06 bits per heavy atom. The van der Waals surface area contributed by atoms with Crippen molar-refractivity contribution in [1.82, 2.24) is 5.32 Å². The summed E-state index contributed by atoms with van der Waals surface area (Å²) in [5, 5.41) is 2.45. The highest BCUT2D eigenvalue weighted by atomic mass is 32.2. The minimum absolute atomic E-state index is 0.0235. The van der Waals surface area contributed by atoms with Gasteiger partial charge in [-0.25, -0.2) is 17.2 Å². The summed E-state index contributed by atoms with van der Waals surface area (Å²) in [6.45, 7) is 1.41. The van der Waals surface area contributed by atoms with E-state index in [9.17, 15) is 35.2 Å². The van der Waals surface area contributed by atoms with Crippen LogP contribution in [0.25, 0.3) is 11.1 Å². The van der Waals surface area contributed by atoms with Crippen LogP contribution in [-0.4, -0.2) is 20.6 Å². The highest BCUT2D eigenvalue weighted by Crippen LogP contribution is 2.34. The van der Waals surface area contributed by atoms with Gasteiger partial charge in [-0.3, -0.25) is 9.52 Å². The second kappa shape index (κ2) is 8.85. The molecule has 0 aliphatic carbocycles. The van der Waals surface area contributed by atoms with Crippen LogP contribution in [0.2, 0.25) is 0 Å². The Morgan fingerprint density at radius 3 is 2.27 bits per heavy atom. The molecule has 0 aliphatic rings. The molecule has 1 atom stereocenters. The normalized spacial score (nSPS) is 12.9. The Kier molecular flexibility index (Phi) is 6.50.